The van der Waals surface area contributed by atoms with Crippen molar-refractivity contribution >= 4 is 0 Å². The molecule has 9 heavy (non-hydrogen) atoms. The summed E-state index contributed by atoms with van der Waals surface area (Å²) in [5.41, 5.74) is 0.618. The summed E-state index contributed by atoms with van der Waals surface area (Å²) in [5, 5.41) is 0. The van der Waals surface area contributed by atoms with Crippen molar-refractivity contribution in [3.05, 3.63) is 0 Å². The molecule has 1 aliphatic rings. The van der Waals surface area contributed by atoms with E-state index in [9.17, 15) is 0 Å². The van der Waals surface area contributed by atoms with Crippen LogP contribution >= 0.6 is 0 Å². The van der Waals surface area contributed by atoms with Gasteiger partial charge in [-0.3, -0.25) is 0 Å². The van der Waals surface area contributed by atoms with E-state index in [2.05, 4.69) is 25.8 Å². The van der Waals surface area contributed by atoms with E-state index in [0.29, 0.717) is 5.41 Å². The van der Waals surface area contributed by atoms with Crippen molar-refractivity contribution in [2.75, 3.05) is 20.1 Å². The lowest BCUT2D eigenvalue weighted by molar-refractivity contribution is 0.157. The van der Waals surface area contributed by atoms with E-state index in [1.54, 1.807) is 0 Å². The zero-order chi connectivity index (χ0) is 6.91. The van der Waals surface area contributed by atoms with Crippen LogP contribution in [-0.4, -0.2) is 25.0 Å². The molecule has 0 aromatic heterocycles. The van der Waals surface area contributed by atoms with Gasteiger partial charge < -0.3 is 4.90 Å². The first-order valence-electron chi connectivity index (χ1n) is 3.79. The van der Waals surface area contributed by atoms with Crippen molar-refractivity contribution in [2.45, 2.75) is 26.7 Å². The summed E-state index contributed by atoms with van der Waals surface area (Å²) < 4.78 is 0. The van der Waals surface area contributed by atoms with Crippen LogP contribution < -0.4 is 0 Å². The van der Waals surface area contributed by atoms with Crippen LogP contribution in [0.1, 0.15) is 26.7 Å². The minimum Gasteiger partial charge on any atom is -0.306 e. The summed E-state index contributed by atoms with van der Waals surface area (Å²) in [4.78, 5) is 2.41. The molecule has 0 aromatic rings. The number of likely N-dealkylation sites (tertiary alicyclic amines) is 1. The van der Waals surface area contributed by atoms with Crippen molar-refractivity contribution in [3.63, 3.8) is 0 Å². The lowest BCUT2D eigenvalue weighted by Gasteiger charge is -2.34. The summed E-state index contributed by atoms with van der Waals surface area (Å²) in [5.74, 6) is 0. The Kier molecular flexibility index (Phi) is 1.80. The third-order valence-electron chi connectivity index (χ3n) is 2.34. The Morgan fingerprint density at radius 1 is 1.11 bits per heavy atom. The molecule has 0 atom stereocenters. The predicted octanol–water partition coefficient (Wildman–Crippen LogP) is 1.74. The average Bonchev–Trinajstić information content (AvgIpc) is 1.78. The number of rotatable bonds is 0. The first kappa shape index (κ1) is 7.07. The quantitative estimate of drug-likeness (QED) is 0.479. The standard InChI is InChI=1S/C8H17N/c1-8(2)4-6-9(3)7-5-8/h4-7H2,1-3H3. The molecule has 1 fully saturated rings. The zero-order valence-electron chi connectivity index (χ0n) is 6.78. The molecule has 1 heteroatoms. The van der Waals surface area contributed by atoms with E-state index in [1.807, 2.05) is 0 Å². The maximum absolute atomic E-state index is 2.41. The second kappa shape index (κ2) is 2.30. The molecule has 0 spiro atoms. The van der Waals surface area contributed by atoms with Crippen LogP contribution in [0.4, 0.5) is 0 Å². The van der Waals surface area contributed by atoms with Crippen molar-refractivity contribution < 1.29 is 0 Å². The Bertz CT molecular complexity index is 86.7. The van der Waals surface area contributed by atoms with Crippen LogP contribution in [0.15, 0.2) is 0 Å². The lowest BCUT2D eigenvalue weighted by Crippen LogP contribution is -2.34. The number of hydrogen-bond donors (Lipinski definition) is 0. The Morgan fingerprint density at radius 3 is 1.89 bits per heavy atom. The largest absolute Gasteiger partial charge is 0.306 e. The van der Waals surface area contributed by atoms with Gasteiger partial charge in [-0.2, -0.15) is 0 Å². The predicted molar refractivity (Wildman–Crippen MR) is 40.5 cm³/mol. The van der Waals surface area contributed by atoms with E-state index in [4.69, 9.17) is 0 Å². The van der Waals surface area contributed by atoms with E-state index in [1.165, 1.54) is 25.9 Å². The molecule has 1 rings (SSSR count). The SMILES string of the molecule is CN1CCC(C)(C)CC1. The Hall–Kier alpha value is -0.0400. The van der Waals surface area contributed by atoms with Crippen molar-refractivity contribution in [3.8, 4) is 0 Å². The van der Waals surface area contributed by atoms with Gasteiger partial charge >= 0.3 is 0 Å². The molecule has 0 unspecified atom stereocenters. The highest BCUT2D eigenvalue weighted by atomic mass is 15.1. The van der Waals surface area contributed by atoms with Gasteiger partial charge in [-0.15, -0.1) is 0 Å². The third-order valence-corrected chi connectivity index (χ3v) is 2.34. The Balaban J connectivity index is 2.35. The zero-order valence-corrected chi connectivity index (χ0v) is 6.78. The van der Waals surface area contributed by atoms with Gasteiger partial charge in [0.1, 0.15) is 0 Å². The van der Waals surface area contributed by atoms with Gasteiger partial charge in [-0.05, 0) is 38.4 Å². The minimum atomic E-state index is 0.618. The molecule has 0 aliphatic carbocycles. The van der Waals surface area contributed by atoms with Crippen LogP contribution in [0.5, 0.6) is 0 Å². The molecule has 1 nitrogen and oxygen atoms in total. The summed E-state index contributed by atoms with van der Waals surface area (Å²) >= 11 is 0. The monoisotopic (exact) mass is 127 g/mol. The molecule has 0 aromatic carbocycles. The van der Waals surface area contributed by atoms with Crippen LogP contribution in [0.25, 0.3) is 0 Å². The molecule has 1 saturated heterocycles. The molecule has 0 bridgehead atoms. The first-order chi connectivity index (χ1) is 4.10. The summed E-state index contributed by atoms with van der Waals surface area (Å²) in [6.07, 6.45) is 2.73. The number of piperidine rings is 1. The molecule has 1 aliphatic heterocycles. The van der Waals surface area contributed by atoms with Crippen LogP contribution in [-0.2, 0) is 0 Å². The topological polar surface area (TPSA) is 3.24 Å². The van der Waals surface area contributed by atoms with Gasteiger partial charge in [-0.1, -0.05) is 13.8 Å². The van der Waals surface area contributed by atoms with Crippen LogP contribution in [0.3, 0.4) is 0 Å². The molecular weight excluding hydrogens is 110 g/mol. The van der Waals surface area contributed by atoms with Crippen molar-refractivity contribution in [1.82, 2.24) is 4.90 Å². The Labute approximate surface area is 58.0 Å². The number of hydrogen-bond acceptors (Lipinski definition) is 1. The molecular formula is C8H17N. The maximum atomic E-state index is 2.41. The highest BCUT2D eigenvalue weighted by molar-refractivity contribution is 4.76. The van der Waals surface area contributed by atoms with Gasteiger partial charge in [0.05, 0.1) is 0 Å². The number of nitrogens with zero attached hydrogens (tertiary/aromatic N) is 1. The molecule has 0 amide bonds. The second-order valence-electron chi connectivity index (χ2n) is 3.97. The lowest BCUT2D eigenvalue weighted by atomic mass is 9.83. The highest BCUT2D eigenvalue weighted by Crippen LogP contribution is 2.28. The van der Waals surface area contributed by atoms with E-state index < -0.39 is 0 Å². The van der Waals surface area contributed by atoms with E-state index in [0.717, 1.165) is 0 Å². The molecule has 0 N–H and O–H groups in total. The summed E-state index contributed by atoms with van der Waals surface area (Å²) in [7, 11) is 2.20. The molecule has 54 valence electrons. The van der Waals surface area contributed by atoms with E-state index >= 15 is 0 Å². The third kappa shape index (κ3) is 1.98. The summed E-state index contributed by atoms with van der Waals surface area (Å²) in [6, 6.07) is 0. The fourth-order valence-electron chi connectivity index (χ4n) is 1.22. The summed E-state index contributed by atoms with van der Waals surface area (Å²) in [6.45, 7) is 7.29. The van der Waals surface area contributed by atoms with Gasteiger partial charge in [0.15, 0.2) is 0 Å². The molecule has 1 heterocycles. The Morgan fingerprint density at radius 2 is 1.56 bits per heavy atom. The smallest absolute Gasteiger partial charge is 0.00167 e. The minimum absolute atomic E-state index is 0.618. The average molecular weight is 127 g/mol. The first-order valence-corrected chi connectivity index (χ1v) is 3.79. The van der Waals surface area contributed by atoms with Gasteiger partial charge in [0, 0.05) is 0 Å². The van der Waals surface area contributed by atoms with E-state index in [-0.39, 0.29) is 0 Å². The second-order valence-corrected chi connectivity index (χ2v) is 3.97. The fraction of sp³-hybridized carbons (Fsp3) is 1.00. The fourth-order valence-corrected chi connectivity index (χ4v) is 1.22. The molecule has 0 radical (unpaired) electrons. The highest BCUT2D eigenvalue weighted by Gasteiger charge is 2.22. The van der Waals surface area contributed by atoms with Crippen molar-refractivity contribution in [2.24, 2.45) is 5.41 Å². The van der Waals surface area contributed by atoms with Crippen molar-refractivity contribution in [1.29, 1.82) is 0 Å². The van der Waals surface area contributed by atoms with Crippen LogP contribution in [0, 0.1) is 5.41 Å². The maximum Gasteiger partial charge on any atom is -0.00167 e. The van der Waals surface area contributed by atoms with Gasteiger partial charge in [0.25, 0.3) is 0 Å². The van der Waals surface area contributed by atoms with Gasteiger partial charge in [-0.25, -0.2) is 0 Å². The van der Waals surface area contributed by atoms with Gasteiger partial charge in [0.2, 0.25) is 0 Å². The van der Waals surface area contributed by atoms with Crippen LogP contribution in [0.2, 0.25) is 0 Å². The molecule has 0 saturated carbocycles. The normalized spacial score (nSPS) is 28.3.